The zero-order valence-electron chi connectivity index (χ0n) is 17.5. The Kier molecular flexibility index (Phi) is 5.51. The van der Waals surface area contributed by atoms with Crippen LogP contribution in [0.2, 0.25) is 0 Å². The maximum atomic E-state index is 13.3. The van der Waals surface area contributed by atoms with E-state index in [1.807, 2.05) is 6.07 Å². The smallest absolute Gasteiger partial charge is 0.303 e. The Morgan fingerprint density at radius 3 is 2.54 bits per heavy atom. The van der Waals surface area contributed by atoms with Gasteiger partial charge in [0, 0.05) is 11.6 Å². The summed E-state index contributed by atoms with van der Waals surface area (Å²) in [5.74, 6) is 0.0998. The molecule has 15 nitrogen and oxygen atoms in total. The Balaban J connectivity index is 1.84. The molecule has 1 aliphatic heterocycles. The molecular weight excluding hydrogens is 486 g/mol. The molecule has 2 N–H and O–H groups in total. The van der Waals surface area contributed by atoms with Gasteiger partial charge in [-0.15, -0.1) is 10.2 Å². The molecule has 0 spiro atoms. The molecule has 0 bridgehead atoms. The summed E-state index contributed by atoms with van der Waals surface area (Å²) in [6.07, 6.45) is 3.68. The van der Waals surface area contributed by atoms with Gasteiger partial charge in [-0.05, 0) is 25.1 Å². The fraction of sp³-hybridized carbons (Fsp3) is 0.158. The number of benzene rings is 1. The van der Waals surface area contributed by atoms with E-state index in [4.69, 9.17) is 0 Å². The van der Waals surface area contributed by atoms with Crippen LogP contribution in [0.15, 0.2) is 56.4 Å². The van der Waals surface area contributed by atoms with Gasteiger partial charge in [0.1, 0.15) is 11.9 Å². The summed E-state index contributed by atoms with van der Waals surface area (Å²) in [6.45, 7) is 1.42. The number of nitro benzene ring substituents is 2. The second-order valence-electron chi connectivity index (χ2n) is 7.44. The summed E-state index contributed by atoms with van der Waals surface area (Å²) >= 11 is 0. The van der Waals surface area contributed by atoms with Crippen molar-refractivity contribution in [1.82, 2.24) is 4.57 Å². The first-order valence-electron chi connectivity index (χ1n) is 9.62. The number of hydrogen-bond donors (Lipinski definition) is 2. The SMILES string of the molecule is Cc1c(C#N)c2n(c(=O)c1N=Nc1ccc([N+](=O)[O-])cc1[N+](=O)[O-])C1C=CC(S(=O)(=O)O)=CC1N2. The zero-order chi connectivity index (χ0) is 25.7. The molecule has 0 radical (unpaired) electrons. The van der Waals surface area contributed by atoms with Crippen molar-refractivity contribution >= 4 is 38.7 Å². The van der Waals surface area contributed by atoms with Crippen LogP contribution in [0, 0.1) is 38.5 Å². The molecular formula is C19H13N7O8S. The maximum absolute atomic E-state index is 13.3. The van der Waals surface area contributed by atoms with E-state index >= 15 is 0 Å². The van der Waals surface area contributed by atoms with Crippen molar-refractivity contribution in [2.45, 2.75) is 19.0 Å². The number of pyridine rings is 1. The molecule has 0 saturated heterocycles. The molecule has 0 saturated carbocycles. The lowest BCUT2D eigenvalue weighted by Crippen LogP contribution is -2.27. The van der Waals surface area contributed by atoms with Crippen LogP contribution in [0.5, 0.6) is 0 Å². The third-order valence-corrected chi connectivity index (χ3v) is 6.30. The lowest BCUT2D eigenvalue weighted by molar-refractivity contribution is -0.393. The number of nitriles is 1. The molecule has 2 aromatic rings. The van der Waals surface area contributed by atoms with E-state index in [1.54, 1.807) is 0 Å². The quantitative estimate of drug-likeness (QED) is 0.265. The van der Waals surface area contributed by atoms with Crippen LogP contribution in [-0.2, 0) is 10.1 Å². The maximum Gasteiger partial charge on any atom is 0.303 e. The molecule has 2 atom stereocenters. The van der Waals surface area contributed by atoms with Crippen molar-refractivity contribution < 1.29 is 22.8 Å². The molecule has 2 aliphatic rings. The molecule has 4 rings (SSSR count). The summed E-state index contributed by atoms with van der Waals surface area (Å²) < 4.78 is 33.4. The predicted molar refractivity (Wildman–Crippen MR) is 119 cm³/mol. The highest BCUT2D eigenvalue weighted by molar-refractivity contribution is 7.90. The molecule has 16 heteroatoms. The summed E-state index contributed by atoms with van der Waals surface area (Å²) in [5, 5.41) is 42.4. The van der Waals surface area contributed by atoms with Gasteiger partial charge in [-0.25, -0.2) is 0 Å². The number of hydrogen-bond acceptors (Lipinski definition) is 11. The molecule has 2 unspecified atom stereocenters. The fourth-order valence-corrected chi connectivity index (χ4v) is 4.35. The lowest BCUT2D eigenvalue weighted by atomic mass is 10.0. The minimum absolute atomic E-state index is 0.00125. The number of azo groups is 1. The number of nitro groups is 2. The first-order chi connectivity index (χ1) is 16.4. The van der Waals surface area contributed by atoms with Crippen LogP contribution in [0.4, 0.5) is 28.6 Å². The van der Waals surface area contributed by atoms with Crippen molar-refractivity contribution in [1.29, 1.82) is 5.26 Å². The number of allylic oxidation sites excluding steroid dienone is 1. The first kappa shape index (κ1) is 23.4. The molecule has 1 aliphatic carbocycles. The van der Waals surface area contributed by atoms with Gasteiger partial charge >= 0.3 is 5.69 Å². The van der Waals surface area contributed by atoms with E-state index in [0.29, 0.717) is 6.07 Å². The minimum Gasteiger partial charge on any atom is -0.362 e. The van der Waals surface area contributed by atoms with E-state index < -0.39 is 49.0 Å². The Morgan fingerprint density at radius 1 is 1.23 bits per heavy atom. The Bertz CT molecular complexity index is 1610. The van der Waals surface area contributed by atoms with Gasteiger partial charge in [0.05, 0.1) is 38.5 Å². The first-order valence-corrected chi connectivity index (χ1v) is 11.1. The highest BCUT2D eigenvalue weighted by Gasteiger charge is 2.37. The van der Waals surface area contributed by atoms with Gasteiger partial charge in [0.15, 0.2) is 11.4 Å². The Morgan fingerprint density at radius 2 is 1.94 bits per heavy atom. The monoisotopic (exact) mass is 499 g/mol. The average molecular weight is 499 g/mol. The number of anilines is 1. The van der Waals surface area contributed by atoms with Crippen molar-refractivity contribution in [3.63, 3.8) is 0 Å². The van der Waals surface area contributed by atoms with Crippen LogP contribution in [-0.4, -0.2) is 33.4 Å². The highest BCUT2D eigenvalue weighted by Crippen LogP contribution is 2.39. The van der Waals surface area contributed by atoms with Crippen molar-refractivity contribution in [3.8, 4) is 6.07 Å². The summed E-state index contributed by atoms with van der Waals surface area (Å²) in [5.41, 5.74) is -2.52. The standard InChI is InChI=1S/C19H13N7O8S/c1-9-12(8-20)18-21-14-7-11(35(32,33)34)3-5-15(14)24(18)19(27)17(9)23-22-13-4-2-10(25(28)29)6-16(13)26(30)31/h2-7,14-15,21H,1H3,(H,32,33,34). The number of non-ortho nitro benzene ring substituents is 1. The van der Waals surface area contributed by atoms with Gasteiger partial charge in [-0.2, -0.15) is 13.7 Å². The molecule has 35 heavy (non-hydrogen) atoms. The van der Waals surface area contributed by atoms with Gasteiger partial charge < -0.3 is 5.32 Å². The molecule has 2 heterocycles. The normalized spacial score (nSPS) is 18.4. The zero-order valence-corrected chi connectivity index (χ0v) is 18.3. The summed E-state index contributed by atoms with van der Waals surface area (Å²) in [6, 6.07) is 3.10. The lowest BCUT2D eigenvalue weighted by Gasteiger charge is -2.18. The average Bonchev–Trinajstić information content (AvgIpc) is 3.17. The molecule has 178 valence electrons. The number of aromatic nitrogens is 1. The largest absolute Gasteiger partial charge is 0.362 e. The van der Waals surface area contributed by atoms with E-state index in [-0.39, 0.29) is 33.2 Å². The predicted octanol–water partition coefficient (Wildman–Crippen LogP) is 2.94. The minimum atomic E-state index is -4.50. The number of rotatable bonds is 5. The topological polar surface area (TPSA) is 223 Å². The second-order valence-corrected chi connectivity index (χ2v) is 8.86. The molecule has 0 amide bonds. The van der Waals surface area contributed by atoms with E-state index in [2.05, 4.69) is 15.5 Å². The highest BCUT2D eigenvalue weighted by atomic mass is 32.2. The van der Waals surface area contributed by atoms with Gasteiger partial charge in [-0.1, -0.05) is 6.08 Å². The van der Waals surface area contributed by atoms with E-state index in [0.717, 1.165) is 18.2 Å². The number of fused-ring (bicyclic) bond motifs is 3. The van der Waals surface area contributed by atoms with Crippen LogP contribution in [0.1, 0.15) is 17.2 Å². The van der Waals surface area contributed by atoms with E-state index in [9.17, 15) is 43.3 Å². The van der Waals surface area contributed by atoms with Gasteiger partial charge in [0.2, 0.25) is 0 Å². The van der Waals surface area contributed by atoms with Crippen LogP contribution in [0.25, 0.3) is 0 Å². The van der Waals surface area contributed by atoms with Crippen LogP contribution >= 0.6 is 0 Å². The van der Waals surface area contributed by atoms with Crippen molar-refractivity contribution in [2.24, 2.45) is 10.2 Å². The Labute approximate surface area is 195 Å². The van der Waals surface area contributed by atoms with Crippen molar-refractivity contribution in [2.75, 3.05) is 5.32 Å². The third kappa shape index (κ3) is 3.94. The number of nitrogens with zero attached hydrogens (tertiary/aromatic N) is 6. The summed E-state index contributed by atoms with van der Waals surface area (Å²) in [4.78, 5) is 33.5. The van der Waals surface area contributed by atoms with Crippen LogP contribution in [0.3, 0.4) is 0 Å². The van der Waals surface area contributed by atoms with Gasteiger partial charge in [0.25, 0.3) is 21.4 Å². The molecule has 1 aromatic carbocycles. The fourth-order valence-electron chi connectivity index (χ4n) is 3.78. The molecule has 1 aromatic heterocycles. The summed E-state index contributed by atoms with van der Waals surface area (Å²) in [7, 11) is -4.50. The number of nitrogens with one attached hydrogen (secondary N) is 1. The Hall–Kier alpha value is -4.75. The third-order valence-electron chi connectivity index (χ3n) is 5.43. The second kappa shape index (κ2) is 8.23. The van der Waals surface area contributed by atoms with E-state index in [1.165, 1.54) is 23.6 Å². The van der Waals surface area contributed by atoms with Crippen molar-refractivity contribution in [3.05, 3.63) is 83.0 Å². The molecule has 0 fully saturated rings. The van der Waals surface area contributed by atoms with Gasteiger partial charge in [-0.3, -0.25) is 34.1 Å². The van der Waals surface area contributed by atoms with Crippen LogP contribution < -0.4 is 10.9 Å².